The number of hydrogen-bond donors (Lipinski definition) is 1. The van der Waals surface area contributed by atoms with Gasteiger partial charge in [0, 0.05) is 24.0 Å². The van der Waals surface area contributed by atoms with E-state index in [0.717, 1.165) is 42.4 Å². The zero-order valence-electron chi connectivity index (χ0n) is 21.4. The van der Waals surface area contributed by atoms with E-state index < -0.39 is 6.04 Å². The van der Waals surface area contributed by atoms with Crippen molar-refractivity contribution in [2.75, 3.05) is 7.11 Å². The van der Waals surface area contributed by atoms with Crippen LogP contribution in [-0.2, 0) is 29.0 Å². The van der Waals surface area contributed by atoms with E-state index >= 15 is 0 Å². The molecule has 0 radical (unpaired) electrons. The molecule has 1 unspecified atom stereocenters. The lowest BCUT2D eigenvalue weighted by Gasteiger charge is -2.33. The van der Waals surface area contributed by atoms with Crippen molar-refractivity contribution >= 4 is 23.4 Å². The van der Waals surface area contributed by atoms with E-state index in [4.69, 9.17) is 16.3 Å². The lowest BCUT2D eigenvalue weighted by atomic mass is 9.94. The number of carbonyl (C=O) groups excluding carboxylic acids is 2. The van der Waals surface area contributed by atoms with E-state index in [-0.39, 0.29) is 24.3 Å². The zero-order chi connectivity index (χ0) is 26.0. The van der Waals surface area contributed by atoms with Crippen LogP contribution in [0.3, 0.4) is 0 Å². The Morgan fingerprint density at radius 1 is 0.919 bits per heavy atom. The van der Waals surface area contributed by atoms with E-state index in [1.54, 1.807) is 24.1 Å². The Labute approximate surface area is 224 Å². The summed E-state index contributed by atoms with van der Waals surface area (Å²) in [4.78, 5) is 29.4. The molecule has 194 valence electrons. The normalized spacial score (nSPS) is 14.5. The molecule has 1 saturated carbocycles. The van der Waals surface area contributed by atoms with Crippen molar-refractivity contribution in [2.24, 2.45) is 0 Å². The number of hydrogen-bond acceptors (Lipinski definition) is 3. The van der Waals surface area contributed by atoms with Gasteiger partial charge in [0.15, 0.2) is 0 Å². The van der Waals surface area contributed by atoms with Crippen molar-refractivity contribution in [3.05, 3.63) is 101 Å². The van der Waals surface area contributed by atoms with Gasteiger partial charge < -0.3 is 15.0 Å². The van der Waals surface area contributed by atoms with Crippen molar-refractivity contribution in [1.29, 1.82) is 0 Å². The van der Waals surface area contributed by atoms with Crippen LogP contribution in [0.15, 0.2) is 78.9 Å². The third kappa shape index (κ3) is 7.83. The van der Waals surface area contributed by atoms with Crippen LogP contribution in [0.4, 0.5) is 0 Å². The molecule has 1 fully saturated rings. The summed E-state index contributed by atoms with van der Waals surface area (Å²) >= 11 is 6.20. The Hall–Kier alpha value is -3.31. The monoisotopic (exact) mass is 518 g/mol. The maximum absolute atomic E-state index is 13.9. The van der Waals surface area contributed by atoms with E-state index in [2.05, 4.69) is 5.32 Å². The summed E-state index contributed by atoms with van der Waals surface area (Å²) in [5.74, 6) is 0.494. The minimum Gasteiger partial charge on any atom is -0.497 e. The summed E-state index contributed by atoms with van der Waals surface area (Å²) < 4.78 is 5.41. The van der Waals surface area contributed by atoms with Gasteiger partial charge in [-0.3, -0.25) is 9.59 Å². The van der Waals surface area contributed by atoms with Crippen LogP contribution in [0.25, 0.3) is 0 Å². The summed E-state index contributed by atoms with van der Waals surface area (Å²) in [5, 5.41) is 3.86. The smallest absolute Gasteiger partial charge is 0.243 e. The number of methoxy groups -OCH3 is 1. The first kappa shape index (κ1) is 26.7. The minimum absolute atomic E-state index is 0.0990. The van der Waals surface area contributed by atoms with Gasteiger partial charge in [-0.25, -0.2) is 0 Å². The van der Waals surface area contributed by atoms with Crippen LogP contribution in [-0.4, -0.2) is 35.9 Å². The number of amides is 2. The second-order valence-electron chi connectivity index (χ2n) is 9.73. The molecule has 1 atom stereocenters. The molecule has 1 N–H and O–H groups in total. The van der Waals surface area contributed by atoms with E-state index in [1.807, 2.05) is 66.7 Å². The van der Waals surface area contributed by atoms with Crippen molar-refractivity contribution in [2.45, 2.75) is 63.6 Å². The second kappa shape index (κ2) is 13.3. The molecule has 5 nitrogen and oxygen atoms in total. The molecule has 6 heteroatoms. The largest absolute Gasteiger partial charge is 0.497 e. The molecule has 1 aliphatic carbocycles. The number of ether oxygens (including phenoxy) is 1. The molecular weight excluding hydrogens is 484 g/mol. The van der Waals surface area contributed by atoms with Gasteiger partial charge in [-0.2, -0.15) is 0 Å². The molecule has 37 heavy (non-hydrogen) atoms. The Morgan fingerprint density at radius 3 is 2.35 bits per heavy atom. The fourth-order valence-corrected chi connectivity index (χ4v) is 5.20. The fourth-order valence-electron chi connectivity index (χ4n) is 4.99. The molecule has 3 aromatic carbocycles. The van der Waals surface area contributed by atoms with Crippen LogP contribution in [0, 0.1) is 0 Å². The molecule has 0 bridgehead atoms. The van der Waals surface area contributed by atoms with Gasteiger partial charge in [-0.05, 0) is 53.8 Å². The van der Waals surface area contributed by atoms with E-state index in [9.17, 15) is 9.59 Å². The second-order valence-corrected chi connectivity index (χ2v) is 10.2. The Kier molecular flexibility index (Phi) is 9.61. The lowest BCUT2D eigenvalue weighted by molar-refractivity contribution is -0.141. The highest BCUT2D eigenvalue weighted by Gasteiger charge is 2.32. The maximum atomic E-state index is 13.9. The molecule has 1 aliphatic rings. The van der Waals surface area contributed by atoms with Gasteiger partial charge >= 0.3 is 0 Å². The number of carbonyl (C=O) groups is 2. The predicted molar refractivity (Wildman–Crippen MR) is 148 cm³/mol. The molecule has 0 saturated heterocycles. The quantitative estimate of drug-likeness (QED) is 0.359. The first-order chi connectivity index (χ1) is 18.0. The third-order valence-corrected chi connectivity index (χ3v) is 7.19. The van der Waals surface area contributed by atoms with E-state index in [1.165, 1.54) is 6.42 Å². The highest BCUT2D eigenvalue weighted by Crippen LogP contribution is 2.22. The summed E-state index contributed by atoms with van der Waals surface area (Å²) in [6, 6.07) is 24.4. The van der Waals surface area contributed by atoms with Gasteiger partial charge in [0.25, 0.3) is 0 Å². The Morgan fingerprint density at radius 2 is 1.62 bits per heavy atom. The number of nitrogens with one attached hydrogen (secondary N) is 1. The van der Waals surface area contributed by atoms with Crippen molar-refractivity contribution in [3.63, 3.8) is 0 Å². The number of rotatable bonds is 10. The summed E-state index contributed by atoms with van der Waals surface area (Å²) in [5.41, 5.74) is 2.74. The molecule has 3 aromatic rings. The molecule has 0 heterocycles. The number of benzene rings is 3. The molecule has 0 spiro atoms. The topological polar surface area (TPSA) is 58.6 Å². The minimum atomic E-state index is -0.651. The lowest BCUT2D eigenvalue weighted by Crippen LogP contribution is -2.53. The average molecular weight is 519 g/mol. The Balaban J connectivity index is 1.66. The van der Waals surface area contributed by atoms with Gasteiger partial charge in [0.2, 0.25) is 11.8 Å². The van der Waals surface area contributed by atoms with Crippen molar-refractivity contribution in [3.8, 4) is 5.75 Å². The Bertz CT molecular complexity index is 1180. The fraction of sp³-hybridized carbons (Fsp3) is 0.355. The van der Waals surface area contributed by atoms with Gasteiger partial charge in [-0.15, -0.1) is 0 Å². The first-order valence-corrected chi connectivity index (χ1v) is 13.4. The highest BCUT2D eigenvalue weighted by molar-refractivity contribution is 6.30. The third-order valence-electron chi connectivity index (χ3n) is 6.95. The summed E-state index contributed by atoms with van der Waals surface area (Å²) in [6.07, 6.45) is 6.01. The van der Waals surface area contributed by atoms with Gasteiger partial charge in [-0.1, -0.05) is 85.5 Å². The van der Waals surface area contributed by atoms with Crippen LogP contribution >= 0.6 is 11.6 Å². The van der Waals surface area contributed by atoms with Crippen LogP contribution in [0.1, 0.15) is 48.8 Å². The highest BCUT2D eigenvalue weighted by atomic mass is 35.5. The van der Waals surface area contributed by atoms with E-state index in [0.29, 0.717) is 23.7 Å². The molecule has 2 amide bonds. The van der Waals surface area contributed by atoms with Crippen LogP contribution in [0.2, 0.25) is 5.02 Å². The molecular formula is C31H35ClN2O3. The molecule has 4 rings (SSSR count). The standard InChI is InChI=1S/C31H35ClN2O3/c1-37-28-17-9-13-25(19-28)22-34(30(35)21-24-12-8-14-26(32)18-24)29(20-23-10-4-2-5-11-23)31(36)33-27-15-6-3-7-16-27/h2,4-5,8-14,17-19,27,29H,3,6-7,15-16,20-22H2,1H3,(H,33,36). The van der Waals surface area contributed by atoms with Crippen molar-refractivity contribution in [1.82, 2.24) is 10.2 Å². The predicted octanol–water partition coefficient (Wildman–Crippen LogP) is 5.98. The summed E-state index contributed by atoms with van der Waals surface area (Å²) in [6.45, 7) is 0.298. The summed E-state index contributed by atoms with van der Waals surface area (Å²) in [7, 11) is 1.62. The average Bonchev–Trinajstić information content (AvgIpc) is 2.92. The molecule has 0 aromatic heterocycles. The number of nitrogens with zero attached hydrogens (tertiary/aromatic N) is 1. The van der Waals surface area contributed by atoms with Crippen molar-refractivity contribution < 1.29 is 14.3 Å². The SMILES string of the molecule is COc1cccc(CN(C(=O)Cc2cccc(Cl)c2)C(Cc2ccccc2)C(=O)NC2CCCCC2)c1. The number of halogens is 1. The van der Waals surface area contributed by atoms with Crippen LogP contribution in [0.5, 0.6) is 5.75 Å². The molecule has 0 aliphatic heterocycles. The zero-order valence-corrected chi connectivity index (χ0v) is 22.1. The van der Waals surface area contributed by atoms with Crippen LogP contribution < -0.4 is 10.1 Å². The van der Waals surface area contributed by atoms with Gasteiger partial charge in [0.05, 0.1) is 13.5 Å². The first-order valence-electron chi connectivity index (χ1n) is 13.0. The van der Waals surface area contributed by atoms with Gasteiger partial charge in [0.1, 0.15) is 11.8 Å². The maximum Gasteiger partial charge on any atom is 0.243 e.